The first-order valence-corrected chi connectivity index (χ1v) is 14.9. The number of ether oxygens (including phenoxy) is 1. The van der Waals surface area contributed by atoms with Gasteiger partial charge < -0.3 is 15.0 Å². The number of rotatable bonds is 12. The second-order valence-electron chi connectivity index (χ2n) is 9.72. The Kier molecular flexibility index (Phi) is 10.6. The molecule has 0 saturated heterocycles. The van der Waals surface area contributed by atoms with Gasteiger partial charge >= 0.3 is 0 Å². The third kappa shape index (κ3) is 7.55. The van der Waals surface area contributed by atoms with Crippen LogP contribution in [0.1, 0.15) is 38.3 Å². The van der Waals surface area contributed by atoms with Gasteiger partial charge in [-0.15, -0.1) is 0 Å². The van der Waals surface area contributed by atoms with Crippen LogP contribution in [-0.2, 0) is 26.2 Å². The van der Waals surface area contributed by atoms with E-state index in [1.54, 1.807) is 62.6 Å². The molecule has 8 nitrogen and oxygen atoms in total. The molecule has 0 heterocycles. The quantitative estimate of drug-likeness (QED) is 0.316. The molecule has 0 bridgehead atoms. The zero-order chi connectivity index (χ0) is 29.4. The van der Waals surface area contributed by atoms with Crippen LogP contribution in [0.15, 0.2) is 77.7 Å². The summed E-state index contributed by atoms with van der Waals surface area (Å²) in [5, 5.41) is 3.22. The van der Waals surface area contributed by atoms with Crippen molar-refractivity contribution in [1.29, 1.82) is 0 Å². The minimum absolute atomic E-state index is 0.0334. The molecule has 214 valence electrons. The van der Waals surface area contributed by atoms with Gasteiger partial charge in [-0.2, -0.15) is 0 Å². The fourth-order valence-electron chi connectivity index (χ4n) is 4.35. The Bertz CT molecular complexity index is 1430. The Hall–Kier alpha value is -3.56. The molecule has 0 fully saturated rings. The molecule has 10 heteroatoms. The van der Waals surface area contributed by atoms with Crippen LogP contribution in [0.5, 0.6) is 5.75 Å². The summed E-state index contributed by atoms with van der Waals surface area (Å²) in [5.74, 6) is -0.245. The highest BCUT2D eigenvalue weighted by atomic mass is 35.5. The summed E-state index contributed by atoms with van der Waals surface area (Å²) in [7, 11) is -2.62. The maximum atomic E-state index is 14.1. The highest BCUT2D eigenvalue weighted by molar-refractivity contribution is 7.92. The van der Waals surface area contributed by atoms with Gasteiger partial charge in [0.2, 0.25) is 11.8 Å². The van der Waals surface area contributed by atoms with Crippen molar-refractivity contribution in [2.24, 2.45) is 0 Å². The third-order valence-electron chi connectivity index (χ3n) is 6.35. The van der Waals surface area contributed by atoms with Crippen LogP contribution in [-0.4, -0.2) is 50.9 Å². The monoisotopic (exact) mass is 585 g/mol. The Morgan fingerprint density at radius 1 is 1.00 bits per heavy atom. The lowest BCUT2D eigenvalue weighted by molar-refractivity contribution is -0.140. The van der Waals surface area contributed by atoms with Gasteiger partial charge in [0.05, 0.1) is 17.7 Å². The van der Waals surface area contributed by atoms with Crippen LogP contribution in [0.25, 0.3) is 0 Å². The molecule has 0 aliphatic carbocycles. The van der Waals surface area contributed by atoms with E-state index in [1.165, 1.54) is 23.1 Å². The van der Waals surface area contributed by atoms with Crippen LogP contribution in [0.2, 0.25) is 5.02 Å². The molecule has 1 atom stereocenters. The number of sulfonamides is 1. The van der Waals surface area contributed by atoms with Gasteiger partial charge in [0, 0.05) is 17.6 Å². The van der Waals surface area contributed by atoms with Gasteiger partial charge in [-0.25, -0.2) is 8.42 Å². The van der Waals surface area contributed by atoms with E-state index in [0.29, 0.717) is 22.8 Å². The molecular formula is C30H36ClN3O5S. The van der Waals surface area contributed by atoms with E-state index in [-0.39, 0.29) is 29.1 Å². The topological polar surface area (TPSA) is 96.0 Å². The first kappa shape index (κ1) is 31.0. The summed E-state index contributed by atoms with van der Waals surface area (Å²) in [6, 6.07) is 19.0. The van der Waals surface area contributed by atoms with Crippen LogP contribution >= 0.6 is 11.6 Å². The Morgan fingerprint density at radius 2 is 1.70 bits per heavy atom. The molecule has 0 aliphatic rings. The summed E-state index contributed by atoms with van der Waals surface area (Å²) in [5.41, 5.74) is 1.64. The van der Waals surface area contributed by atoms with Gasteiger partial charge in [-0.1, -0.05) is 54.9 Å². The number of carbonyl (C=O) groups excluding carboxylic acids is 2. The first-order chi connectivity index (χ1) is 19.0. The number of nitrogens with one attached hydrogen (secondary N) is 1. The predicted molar refractivity (Wildman–Crippen MR) is 158 cm³/mol. The summed E-state index contributed by atoms with van der Waals surface area (Å²) in [6.07, 6.45) is 0.329. The standard InChI is InChI=1S/C30H36ClN3O5S/c1-6-27(30(36)32-21(2)3)33(19-23-11-10-12-25(17-23)39-5)29(35)20-34(28-18-24(31)16-15-22(28)4)40(37,38)26-13-8-7-9-14-26/h7-18,21,27H,6,19-20H2,1-5H3,(H,32,36)/t27-/m1/s1. The van der Waals surface area contributed by atoms with Crippen molar-refractivity contribution in [3.8, 4) is 5.75 Å². The lowest BCUT2D eigenvalue weighted by atomic mass is 10.1. The van der Waals surface area contributed by atoms with E-state index in [9.17, 15) is 18.0 Å². The number of halogens is 1. The van der Waals surface area contributed by atoms with Crippen LogP contribution in [0.3, 0.4) is 0 Å². The zero-order valence-corrected chi connectivity index (χ0v) is 25.0. The first-order valence-electron chi connectivity index (χ1n) is 13.0. The van der Waals surface area contributed by atoms with E-state index in [1.807, 2.05) is 26.8 Å². The number of amides is 2. The molecule has 40 heavy (non-hydrogen) atoms. The fraction of sp³-hybridized carbons (Fsp3) is 0.333. The van der Waals surface area contributed by atoms with Crippen LogP contribution in [0.4, 0.5) is 5.69 Å². The molecule has 3 aromatic rings. The number of hydrogen-bond acceptors (Lipinski definition) is 5. The minimum atomic E-state index is -4.17. The van der Waals surface area contributed by atoms with Crippen molar-refractivity contribution in [2.75, 3.05) is 18.0 Å². The van der Waals surface area contributed by atoms with Gasteiger partial charge in [0.1, 0.15) is 18.3 Å². The summed E-state index contributed by atoms with van der Waals surface area (Å²) in [6.45, 7) is 6.80. The van der Waals surface area contributed by atoms with Gasteiger partial charge in [0.25, 0.3) is 10.0 Å². The number of nitrogens with zero attached hydrogens (tertiary/aromatic N) is 2. The number of aryl methyl sites for hydroxylation is 1. The molecule has 0 saturated carbocycles. The van der Waals surface area contributed by atoms with Crippen molar-refractivity contribution in [2.45, 2.75) is 57.6 Å². The maximum absolute atomic E-state index is 14.1. The third-order valence-corrected chi connectivity index (χ3v) is 8.36. The number of hydrogen-bond donors (Lipinski definition) is 1. The van der Waals surface area contributed by atoms with E-state index >= 15 is 0 Å². The predicted octanol–water partition coefficient (Wildman–Crippen LogP) is 5.18. The van der Waals surface area contributed by atoms with E-state index in [2.05, 4.69) is 5.32 Å². The van der Waals surface area contributed by atoms with Crippen molar-refractivity contribution in [1.82, 2.24) is 10.2 Å². The highest BCUT2D eigenvalue weighted by Gasteiger charge is 2.34. The second-order valence-corrected chi connectivity index (χ2v) is 12.0. The largest absolute Gasteiger partial charge is 0.497 e. The number of methoxy groups -OCH3 is 1. The molecule has 1 N–H and O–H groups in total. The average Bonchev–Trinajstić information content (AvgIpc) is 2.93. The van der Waals surface area contributed by atoms with Gasteiger partial charge in [-0.05, 0) is 74.7 Å². The summed E-state index contributed by atoms with van der Waals surface area (Å²) in [4.78, 5) is 28.8. The zero-order valence-electron chi connectivity index (χ0n) is 23.4. The SMILES string of the molecule is CC[C@H](C(=O)NC(C)C)N(Cc1cccc(OC)c1)C(=O)CN(c1cc(Cl)ccc1C)S(=O)(=O)c1ccccc1. The van der Waals surface area contributed by atoms with Gasteiger partial charge in [0.15, 0.2) is 0 Å². The van der Waals surface area contributed by atoms with Crippen LogP contribution in [0, 0.1) is 6.92 Å². The summed E-state index contributed by atoms with van der Waals surface area (Å²) >= 11 is 6.27. The number of anilines is 1. The van der Waals surface area contributed by atoms with Crippen molar-refractivity contribution in [3.05, 3.63) is 88.9 Å². The van der Waals surface area contributed by atoms with Crippen LogP contribution < -0.4 is 14.4 Å². The van der Waals surface area contributed by atoms with E-state index in [0.717, 1.165) is 9.87 Å². The van der Waals surface area contributed by atoms with E-state index < -0.39 is 28.5 Å². The smallest absolute Gasteiger partial charge is 0.264 e. The van der Waals surface area contributed by atoms with Crippen molar-refractivity contribution >= 4 is 39.1 Å². The lowest BCUT2D eigenvalue weighted by Crippen LogP contribution is -2.53. The molecular weight excluding hydrogens is 550 g/mol. The molecule has 0 aliphatic heterocycles. The molecule has 3 aromatic carbocycles. The molecule has 0 radical (unpaired) electrons. The number of benzene rings is 3. The Labute approximate surface area is 241 Å². The van der Waals surface area contributed by atoms with Crippen molar-refractivity contribution in [3.63, 3.8) is 0 Å². The average molecular weight is 586 g/mol. The molecule has 0 aromatic heterocycles. The van der Waals surface area contributed by atoms with Crippen molar-refractivity contribution < 1.29 is 22.7 Å². The molecule has 2 amide bonds. The van der Waals surface area contributed by atoms with E-state index in [4.69, 9.17) is 16.3 Å². The maximum Gasteiger partial charge on any atom is 0.264 e. The fourth-order valence-corrected chi connectivity index (χ4v) is 6.01. The highest BCUT2D eigenvalue weighted by Crippen LogP contribution is 2.30. The molecule has 0 unspecified atom stereocenters. The Balaban J connectivity index is 2.10. The lowest BCUT2D eigenvalue weighted by Gasteiger charge is -2.34. The molecule has 0 spiro atoms. The second kappa shape index (κ2) is 13.7. The Morgan fingerprint density at radius 3 is 2.33 bits per heavy atom. The van der Waals surface area contributed by atoms with Gasteiger partial charge in [-0.3, -0.25) is 13.9 Å². The number of carbonyl (C=O) groups is 2. The molecule has 3 rings (SSSR count). The normalized spacial score (nSPS) is 12.1. The summed E-state index contributed by atoms with van der Waals surface area (Å²) < 4.78 is 34.3. The minimum Gasteiger partial charge on any atom is -0.497 e.